The van der Waals surface area contributed by atoms with Gasteiger partial charge in [-0.05, 0) is 43.9 Å². The Morgan fingerprint density at radius 3 is 2.85 bits per heavy atom. The third-order valence-corrected chi connectivity index (χ3v) is 4.27. The fourth-order valence-corrected chi connectivity index (χ4v) is 3.27. The number of likely N-dealkylation sites (tertiary alicyclic amines) is 1. The van der Waals surface area contributed by atoms with E-state index in [9.17, 15) is 0 Å². The molecule has 1 fully saturated rings. The minimum atomic E-state index is 0.328. The van der Waals surface area contributed by atoms with Crippen molar-refractivity contribution in [3.8, 4) is 0 Å². The zero-order valence-corrected chi connectivity index (χ0v) is 12.8. The van der Waals surface area contributed by atoms with Gasteiger partial charge in [-0.3, -0.25) is 4.90 Å². The minimum Gasteiger partial charge on any atom is -0.377 e. The summed E-state index contributed by atoms with van der Waals surface area (Å²) < 4.78 is 5.82. The first kappa shape index (κ1) is 15.5. The maximum Gasteiger partial charge on any atom is 0.0702 e. The first-order chi connectivity index (χ1) is 9.80. The Labute approximate surface area is 123 Å². The van der Waals surface area contributed by atoms with Crippen molar-refractivity contribution in [2.75, 3.05) is 26.2 Å². The quantitative estimate of drug-likeness (QED) is 0.868. The van der Waals surface area contributed by atoms with Crippen LogP contribution in [0.4, 0.5) is 0 Å². The Bertz CT molecular complexity index is 406. The van der Waals surface area contributed by atoms with Crippen LogP contribution in [0.5, 0.6) is 0 Å². The summed E-state index contributed by atoms with van der Waals surface area (Å²) in [7, 11) is 0. The zero-order chi connectivity index (χ0) is 14.4. The Morgan fingerprint density at radius 2 is 2.15 bits per heavy atom. The van der Waals surface area contributed by atoms with E-state index >= 15 is 0 Å². The van der Waals surface area contributed by atoms with E-state index in [1.54, 1.807) is 0 Å². The van der Waals surface area contributed by atoms with Crippen LogP contribution in [0.2, 0.25) is 0 Å². The van der Waals surface area contributed by atoms with Gasteiger partial charge in [0, 0.05) is 25.7 Å². The number of piperidine rings is 1. The summed E-state index contributed by atoms with van der Waals surface area (Å²) in [4.78, 5) is 2.51. The van der Waals surface area contributed by atoms with Gasteiger partial charge in [-0.2, -0.15) is 0 Å². The summed E-state index contributed by atoms with van der Waals surface area (Å²) in [5.74, 6) is 0. The molecule has 1 aromatic carbocycles. The summed E-state index contributed by atoms with van der Waals surface area (Å²) in [6.45, 7) is 7.90. The molecule has 2 unspecified atom stereocenters. The van der Waals surface area contributed by atoms with E-state index in [0.717, 1.165) is 26.1 Å². The molecule has 0 aliphatic carbocycles. The topological polar surface area (TPSA) is 38.5 Å². The summed E-state index contributed by atoms with van der Waals surface area (Å²) in [6, 6.07) is 9.04. The van der Waals surface area contributed by atoms with E-state index < -0.39 is 0 Å². The maximum atomic E-state index is 6.10. The SMILES string of the molecule is CCOC1CCCN(C(CN)c2ccccc2CC)C1. The number of aryl methyl sites for hydroxylation is 1. The average molecular weight is 276 g/mol. The average Bonchev–Trinajstić information content (AvgIpc) is 2.49. The first-order valence-electron chi connectivity index (χ1n) is 7.93. The predicted octanol–water partition coefficient (Wildman–Crippen LogP) is 2.75. The molecule has 2 rings (SSSR count). The Kier molecular flexibility index (Phi) is 6.02. The van der Waals surface area contributed by atoms with Crippen molar-refractivity contribution in [1.29, 1.82) is 0 Å². The molecule has 1 heterocycles. The molecule has 112 valence electrons. The van der Waals surface area contributed by atoms with Crippen LogP contribution < -0.4 is 5.73 Å². The van der Waals surface area contributed by atoms with Crippen molar-refractivity contribution in [2.24, 2.45) is 5.73 Å². The van der Waals surface area contributed by atoms with E-state index in [1.807, 2.05) is 0 Å². The van der Waals surface area contributed by atoms with Crippen LogP contribution in [-0.4, -0.2) is 37.2 Å². The Morgan fingerprint density at radius 1 is 1.35 bits per heavy atom. The van der Waals surface area contributed by atoms with Gasteiger partial charge in [0.2, 0.25) is 0 Å². The third-order valence-electron chi connectivity index (χ3n) is 4.27. The van der Waals surface area contributed by atoms with Crippen molar-refractivity contribution < 1.29 is 4.74 Å². The van der Waals surface area contributed by atoms with Crippen molar-refractivity contribution in [1.82, 2.24) is 4.90 Å². The standard InChI is InChI=1S/C17H28N2O/c1-3-14-8-5-6-10-16(14)17(12-18)19-11-7-9-15(13-19)20-4-2/h5-6,8,10,15,17H,3-4,7,9,11-13,18H2,1-2H3. The lowest BCUT2D eigenvalue weighted by molar-refractivity contribution is -0.00669. The van der Waals surface area contributed by atoms with Gasteiger partial charge < -0.3 is 10.5 Å². The van der Waals surface area contributed by atoms with Gasteiger partial charge in [-0.1, -0.05) is 31.2 Å². The van der Waals surface area contributed by atoms with Crippen LogP contribution >= 0.6 is 0 Å². The van der Waals surface area contributed by atoms with E-state index in [4.69, 9.17) is 10.5 Å². The third kappa shape index (κ3) is 3.60. The summed E-state index contributed by atoms with van der Waals surface area (Å²) in [6.07, 6.45) is 3.82. The summed E-state index contributed by atoms with van der Waals surface area (Å²) in [5.41, 5.74) is 8.91. The molecule has 0 radical (unpaired) electrons. The van der Waals surface area contributed by atoms with Gasteiger partial charge in [-0.25, -0.2) is 0 Å². The van der Waals surface area contributed by atoms with Gasteiger partial charge in [-0.15, -0.1) is 0 Å². The largest absolute Gasteiger partial charge is 0.377 e. The highest BCUT2D eigenvalue weighted by molar-refractivity contribution is 5.30. The molecule has 1 saturated heterocycles. The molecule has 1 aliphatic rings. The molecular formula is C17H28N2O. The lowest BCUT2D eigenvalue weighted by atomic mass is 9.95. The summed E-state index contributed by atoms with van der Waals surface area (Å²) >= 11 is 0. The summed E-state index contributed by atoms with van der Waals surface area (Å²) in [5, 5.41) is 0. The highest BCUT2D eigenvalue weighted by Gasteiger charge is 2.27. The van der Waals surface area contributed by atoms with Gasteiger partial charge in [0.25, 0.3) is 0 Å². The van der Waals surface area contributed by atoms with Crippen LogP contribution in [0.1, 0.15) is 43.9 Å². The molecule has 0 aromatic heterocycles. The normalized spacial score (nSPS) is 21.9. The molecule has 0 amide bonds. The second-order valence-corrected chi connectivity index (χ2v) is 5.52. The fourth-order valence-electron chi connectivity index (χ4n) is 3.27. The number of ether oxygens (including phenoxy) is 1. The second-order valence-electron chi connectivity index (χ2n) is 5.52. The van der Waals surface area contributed by atoms with Crippen molar-refractivity contribution in [3.63, 3.8) is 0 Å². The first-order valence-corrected chi connectivity index (χ1v) is 7.93. The smallest absolute Gasteiger partial charge is 0.0702 e. The minimum absolute atomic E-state index is 0.328. The van der Waals surface area contributed by atoms with E-state index in [-0.39, 0.29) is 0 Å². The van der Waals surface area contributed by atoms with Gasteiger partial charge in [0.1, 0.15) is 0 Å². The number of nitrogens with zero attached hydrogens (tertiary/aromatic N) is 1. The van der Waals surface area contributed by atoms with Crippen molar-refractivity contribution >= 4 is 0 Å². The lowest BCUT2D eigenvalue weighted by Gasteiger charge is -2.38. The van der Waals surface area contributed by atoms with Crippen LogP contribution in [0, 0.1) is 0 Å². The number of rotatable bonds is 6. The number of hydrogen-bond donors (Lipinski definition) is 1. The van der Waals surface area contributed by atoms with Crippen LogP contribution in [0.3, 0.4) is 0 Å². The molecule has 0 saturated carbocycles. The van der Waals surface area contributed by atoms with Gasteiger partial charge in [0.15, 0.2) is 0 Å². The molecule has 3 nitrogen and oxygen atoms in total. The van der Waals surface area contributed by atoms with Crippen LogP contribution in [0.25, 0.3) is 0 Å². The molecule has 0 bridgehead atoms. The molecule has 20 heavy (non-hydrogen) atoms. The van der Waals surface area contributed by atoms with Gasteiger partial charge in [0.05, 0.1) is 6.10 Å². The predicted molar refractivity (Wildman–Crippen MR) is 83.8 cm³/mol. The number of benzene rings is 1. The molecular weight excluding hydrogens is 248 g/mol. The van der Waals surface area contributed by atoms with Crippen LogP contribution in [-0.2, 0) is 11.2 Å². The van der Waals surface area contributed by atoms with E-state index in [2.05, 4.69) is 43.0 Å². The second kappa shape index (κ2) is 7.77. The lowest BCUT2D eigenvalue weighted by Crippen LogP contribution is -2.44. The van der Waals surface area contributed by atoms with Crippen molar-refractivity contribution in [2.45, 2.75) is 45.3 Å². The Hall–Kier alpha value is -0.900. The fraction of sp³-hybridized carbons (Fsp3) is 0.647. The Balaban J connectivity index is 2.14. The van der Waals surface area contributed by atoms with Crippen LogP contribution in [0.15, 0.2) is 24.3 Å². The van der Waals surface area contributed by atoms with Gasteiger partial charge >= 0.3 is 0 Å². The highest BCUT2D eigenvalue weighted by Crippen LogP contribution is 2.27. The number of nitrogens with two attached hydrogens (primary N) is 1. The van der Waals surface area contributed by atoms with Crippen molar-refractivity contribution in [3.05, 3.63) is 35.4 Å². The molecule has 0 spiro atoms. The number of hydrogen-bond acceptors (Lipinski definition) is 3. The molecule has 2 atom stereocenters. The molecule has 3 heteroatoms. The molecule has 1 aromatic rings. The highest BCUT2D eigenvalue weighted by atomic mass is 16.5. The zero-order valence-electron chi connectivity index (χ0n) is 12.8. The van der Waals surface area contributed by atoms with E-state index in [0.29, 0.717) is 18.7 Å². The molecule has 1 aliphatic heterocycles. The molecule has 2 N–H and O–H groups in total. The van der Waals surface area contributed by atoms with E-state index in [1.165, 1.54) is 24.0 Å². The monoisotopic (exact) mass is 276 g/mol. The maximum absolute atomic E-state index is 6.10.